The second-order valence-corrected chi connectivity index (χ2v) is 8.91. The summed E-state index contributed by atoms with van der Waals surface area (Å²) in [4.78, 5) is 30.2. The zero-order valence-electron chi connectivity index (χ0n) is 17.9. The number of carbonyl (C=O) groups is 2. The molecule has 0 saturated carbocycles. The first kappa shape index (κ1) is 20.6. The smallest absolute Gasteiger partial charge is 0.259 e. The Labute approximate surface area is 192 Å². The van der Waals surface area contributed by atoms with Crippen LogP contribution in [-0.4, -0.2) is 17.9 Å². The number of allylic oxidation sites excluding steroid dienone is 1. The molecule has 0 aromatic heterocycles. The van der Waals surface area contributed by atoms with Gasteiger partial charge in [-0.15, -0.1) is 11.8 Å². The van der Waals surface area contributed by atoms with Gasteiger partial charge in [-0.25, -0.2) is 0 Å². The minimum absolute atomic E-state index is 0.108. The number of Topliss-reactive ketones (excluding diaryl/α,β-unsaturated/α-hetero) is 1. The van der Waals surface area contributed by atoms with Crippen molar-refractivity contribution < 1.29 is 9.59 Å². The molecule has 160 valence electrons. The third-order valence-corrected chi connectivity index (χ3v) is 6.85. The highest BCUT2D eigenvalue weighted by molar-refractivity contribution is 7.98. The number of benzene rings is 3. The van der Waals surface area contributed by atoms with Crippen LogP contribution in [0.2, 0.25) is 0 Å². The van der Waals surface area contributed by atoms with E-state index in [9.17, 15) is 9.59 Å². The minimum Gasteiger partial charge on any atom is -0.357 e. The molecule has 4 nitrogen and oxygen atoms in total. The number of amides is 1. The largest absolute Gasteiger partial charge is 0.357 e. The van der Waals surface area contributed by atoms with E-state index < -0.39 is 6.04 Å². The number of nitrogens with zero attached hydrogens (tertiary/aromatic N) is 1. The fourth-order valence-electron chi connectivity index (χ4n) is 4.58. The Bertz CT molecular complexity index is 1200. The van der Waals surface area contributed by atoms with Gasteiger partial charge in [0.1, 0.15) is 0 Å². The van der Waals surface area contributed by atoms with Gasteiger partial charge in [-0.3, -0.25) is 14.5 Å². The van der Waals surface area contributed by atoms with Gasteiger partial charge in [0, 0.05) is 28.1 Å². The molecule has 0 fully saturated rings. The standard InChI is InChI=1S/C27H24N2O2S/c1-32-20-16-14-18(15-17-20)26-25-22(11-7-13-24(25)30)28-21-10-5-6-12-23(21)29(26)27(31)19-8-3-2-4-9-19/h2-6,8-10,12,14-17,26,28H,7,11,13H2,1H3/t26-/m1/s1. The third kappa shape index (κ3) is 3.63. The lowest BCUT2D eigenvalue weighted by Gasteiger charge is -2.34. The lowest BCUT2D eigenvalue weighted by atomic mass is 9.85. The van der Waals surface area contributed by atoms with Crippen molar-refractivity contribution in [3.05, 3.63) is 101 Å². The summed E-state index contributed by atoms with van der Waals surface area (Å²) in [6.07, 6.45) is 4.15. The number of para-hydroxylation sites is 2. The second-order valence-electron chi connectivity index (χ2n) is 8.03. The first-order valence-electron chi connectivity index (χ1n) is 10.8. The van der Waals surface area contributed by atoms with E-state index in [-0.39, 0.29) is 11.7 Å². The maximum Gasteiger partial charge on any atom is 0.259 e. The lowest BCUT2D eigenvalue weighted by molar-refractivity contribution is -0.116. The van der Waals surface area contributed by atoms with Crippen molar-refractivity contribution in [3.63, 3.8) is 0 Å². The van der Waals surface area contributed by atoms with E-state index in [4.69, 9.17) is 0 Å². The number of hydrogen-bond donors (Lipinski definition) is 1. The topological polar surface area (TPSA) is 49.4 Å². The summed E-state index contributed by atoms with van der Waals surface area (Å²) in [5.74, 6) is -0.0118. The van der Waals surface area contributed by atoms with Crippen LogP contribution in [0, 0.1) is 0 Å². The zero-order valence-corrected chi connectivity index (χ0v) is 18.7. The monoisotopic (exact) mass is 440 g/mol. The number of ketones is 1. The number of hydrogen-bond acceptors (Lipinski definition) is 4. The molecular formula is C27H24N2O2S. The van der Waals surface area contributed by atoms with Gasteiger partial charge < -0.3 is 5.32 Å². The van der Waals surface area contributed by atoms with Gasteiger partial charge >= 0.3 is 0 Å². The predicted molar refractivity (Wildman–Crippen MR) is 130 cm³/mol. The number of anilines is 2. The summed E-state index contributed by atoms with van der Waals surface area (Å²) in [6, 6.07) is 24.8. The summed E-state index contributed by atoms with van der Waals surface area (Å²) in [7, 11) is 0. The molecule has 5 rings (SSSR count). The quantitative estimate of drug-likeness (QED) is 0.491. The second kappa shape index (κ2) is 8.67. The summed E-state index contributed by atoms with van der Waals surface area (Å²) >= 11 is 1.67. The molecule has 5 heteroatoms. The normalized spacial score (nSPS) is 17.8. The van der Waals surface area contributed by atoms with Crippen LogP contribution in [-0.2, 0) is 4.79 Å². The van der Waals surface area contributed by atoms with Gasteiger partial charge in [-0.05, 0) is 61.1 Å². The highest BCUT2D eigenvalue weighted by Crippen LogP contribution is 2.45. The van der Waals surface area contributed by atoms with Crippen LogP contribution in [0.15, 0.2) is 95.0 Å². The van der Waals surface area contributed by atoms with Crippen LogP contribution in [0.1, 0.15) is 41.2 Å². The fraction of sp³-hybridized carbons (Fsp3) is 0.185. The number of fused-ring (bicyclic) bond motifs is 1. The number of nitrogens with one attached hydrogen (secondary N) is 1. The molecule has 1 amide bonds. The van der Waals surface area contributed by atoms with Gasteiger partial charge in [-0.2, -0.15) is 0 Å². The molecule has 3 aromatic carbocycles. The molecule has 1 heterocycles. The van der Waals surface area contributed by atoms with E-state index in [1.807, 2.05) is 73.0 Å². The molecule has 1 N–H and O–H groups in total. The maximum atomic E-state index is 14.0. The first-order chi connectivity index (χ1) is 15.7. The summed E-state index contributed by atoms with van der Waals surface area (Å²) in [5, 5.41) is 3.51. The zero-order chi connectivity index (χ0) is 22.1. The van der Waals surface area contributed by atoms with Crippen molar-refractivity contribution in [1.82, 2.24) is 0 Å². The lowest BCUT2D eigenvalue weighted by Crippen LogP contribution is -2.38. The van der Waals surface area contributed by atoms with Crippen LogP contribution in [0.3, 0.4) is 0 Å². The highest BCUT2D eigenvalue weighted by Gasteiger charge is 2.39. The van der Waals surface area contributed by atoms with Gasteiger partial charge in [-0.1, -0.05) is 42.5 Å². The van der Waals surface area contributed by atoms with E-state index >= 15 is 0 Å². The average Bonchev–Trinajstić information content (AvgIpc) is 2.99. The van der Waals surface area contributed by atoms with Crippen molar-refractivity contribution in [2.75, 3.05) is 16.5 Å². The Hall–Kier alpha value is -3.31. The van der Waals surface area contributed by atoms with Crippen molar-refractivity contribution in [1.29, 1.82) is 0 Å². The molecule has 0 saturated heterocycles. The van der Waals surface area contributed by atoms with Crippen molar-refractivity contribution in [2.24, 2.45) is 0 Å². The molecule has 0 unspecified atom stereocenters. The Morgan fingerprint density at radius 1 is 0.938 bits per heavy atom. The maximum absolute atomic E-state index is 14.0. The van der Waals surface area contributed by atoms with Crippen molar-refractivity contribution in [3.8, 4) is 0 Å². The van der Waals surface area contributed by atoms with E-state index in [1.54, 1.807) is 16.7 Å². The first-order valence-corrected chi connectivity index (χ1v) is 12.0. The Morgan fingerprint density at radius 3 is 2.41 bits per heavy atom. The molecule has 0 bridgehead atoms. The molecule has 0 spiro atoms. The van der Waals surface area contributed by atoms with Crippen LogP contribution in [0.4, 0.5) is 11.4 Å². The van der Waals surface area contributed by atoms with Crippen LogP contribution in [0.5, 0.6) is 0 Å². The SMILES string of the molecule is CSc1ccc([C@@H]2C3=C(CCCC3=O)Nc3ccccc3N2C(=O)c2ccccc2)cc1. The molecule has 2 aliphatic rings. The van der Waals surface area contributed by atoms with E-state index in [0.717, 1.165) is 40.4 Å². The third-order valence-electron chi connectivity index (χ3n) is 6.11. The highest BCUT2D eigenvalue weighted by atomic mass is 32.2. The molecule has 1 aliphatic carbocycles. The Morgan fingerprint density at radius 2 is 1.66 bits per heavy atom. The Balaban J connectivity index is 1.76. The fourth-order valence-corrected chi connectivity index (χ4v) is 4.99. The van der Waals surface area contributed by atoms with Gasteiger partial charge in [0.15, 0.2) is 5.78 Å². The van der Waals surface area contributed by atoms with E-state index in [2.05, 4.69) is 17.4 Å². The average molecular weight is 441 g/mol. The van der Waals surface area contributed by atoms with Crippen molar-refractivity contribution in [2.45, 2.75) is 30.2 Å². The number of carbonyl (C=O) groups excluding carboxylic acids is 2. The molecule has 32 heavy (non-hydrogen) atoms. The van der Waals surface area contributed by atoms with Gasteiger partial charge in [0.2, 0.25) is 0 Å². The Kier molecular flexibility index (Phi) is 5.58. The number of rotatable bonds is 3. The summed E-state index contributed by atoms with van der Waals surface area (Å²) in [6.45, 7) is 0. The summed E-state index contributed by atoms with van der Waals surface area (Å²) in [5.41, 5.74) is 4.79. The van der Waals surface area contributed by atoms with Crippen molar-refractivity contribution >= 4 is 34.8 Å². The predicted octanol–water partition coefficient (Wildman–Crippen LogP) is 6.23. The van der Waals surface area contributed by atoms with Crippen LogP contribution < -0.4 is 10.2 Å². The molecule has 0 radical (unpaired) electrons. The van der Waals surface area contributed by atoms with E-state index in [1.165, 1.54) is 0 Å². The molecule has 3 aromatic rings. The van der Waals surface area contributed by atoms with Gasteiger partial charge in [0.05, 0.1) is 17.4 Å². The van der Waals surface area contributed by atoms with Crippen LogP contribution in [0.25, 0.3) is 0 Å². The number of thioether (sulfide) groups is 1. The van der Waals surface area contributed by atoms with E-state index in [0.29, 0.717) is 17.6 Å². The molecule has 1 atom stereocenters. The summed E-state index contributed by atoms with van der Waals surface area (Å²) < 4.78 is 0. The molecule has 1 aliphatic heterocycles. The minimum atomic E-state index is -0.488. The van der Waals surface area contributed by atoms with Gasteiger partial charge in [0.25, 0.3) is 5.91 Å². The van der Waals surface area contributed by atoms with Crippen LogP contribution >= 0.6 is 11.8 Å². The molecular weight excluding hydrogens is 416 g/mol.